The number of nitrogens with zero attached hydrogens (tertiary/aromatic N) is 1. The Morgan fingerprint density at radius 2 is 1.47 bits per heavy atom. The van der Waals surface area contributed by atoms with Crippen molar-refractivity contribution in [3.63, 3.8) is 0 Å². The summed E-state index contributed by atoms with van der Waals surface area (Å²) in [7, 11) is 0. The van der Waals surface area contributed by atoms with Gasteiger partial charge in [-0.05, 0) is 104 Å². The molecule has 4 rings (SSSR count). The first-order valence-electron chi connectivity index (χ1n) is 12.5. The fourth-order valence-electron chi connectivity index (χ4n) is 5.94. The summed E-state index contributed by atoms with van der Waals surface area (Å²) in [4.78, 5) is 12.5. The number of carbonyl (C=O) groups excluding carboxylic acids is 1. The molecule has 2 aliphatic rings. The lowest BCUT2D eigenvalue weighted by Crippen LogP contribution is -2.25. The fraction of sp³-hybridized carbons (Fsp3) is 0.517. The molecule has 168 valence electrons. The summed E-state index contributed by atoms with van der Waals surface area (Å²) in [5.41, 5.74) is 2.47. The maximum Gasteiger partial charge on any atom is 0.343 e. The van der Waals surface area contributed by atoms with Crippen LogP contribution in [0.15, 0.2) is 48.5 Å². The van der Waals surface area contributed by atoms with Crippen molar-refractivity contribution in [1.82, 2.24) is 0 Å². The van der Waals surface area contributed by atoms with Crippen molar-refractivity contribution in [2.45, 2.75) is 77.0 Å². The second kappa shape index (κ2) is 10.8. The Bertz CT molecular complexity index is 909. The van der Waals surface area contributed by atoms with Gasteiger partial charge < -0.3 is 4.74 Å². The maximum absolute atomic E-state index is 12.5. The van der Waals surface area contributed by atoms with Gasteiger partial charge in [0.25, 0.3) is 0 Å². The van der Waals surface area contributed by atoms with Crippen molar-refractivity contribution >= 4 is 5.97 Å². The quantitative estimate of drug-likeness (QED) is 0.350. The van der Waals surface area contributed by atoms with Gasteiger partial charge in [-0.15, -0.1) is 0 Å². The highest BCUT2D eigenvalue weighted by Gasteiger charge is 2.31. The van der Waals surface area contributed by atoms with E-state index in [0.717, 1.165) is 17.8 Å². The van der Waals surface area contributed by atoms with E-state index in [4.69, 9.17) is 10.00 Å². The van der Waals surface area contributed by atoms with Gasteiger partial charge >= 0.3 is 5.97 Å². The first kappa shape index (κ1) is 22.6. The van der Waals surface area contributed by atoms with Crippen LogP contribution in [0.1, 0.15) is 98.5 Å². The van der Waals surface area contributed by atoms with Crippen LogP contribution in [0, 0.1) is 29.1 Å². The van der Waals surface area contributed by atoms with Gasteiger partial charge in [0.05, 0.1) is 17.2 Å². The second-order valence-electron chi connectivity index (χ2n) is 9.83. The van der Waals surface area contributed by atoms with Crippen molar-refractivity contribution < 1.29 is 9.53 Å². The summed E-state index contributed by atoms with van der Waals surface area (Å²) in [6, 6.07) is 16.7. The van der Waals surface area contributed by atoms with E-state index in [-0.39, 0.29) is 5.97 Å². The molecule has 0 bridgehead atoms. The van der Waals surface area contributed by atoms with Gasteiger partial charge in [-0.2, -0.15) is 5.26 Å². The zero-order valence-electron chi connectivity index (χ0n) is 19.3. The van der Waals surface area contributed by atoms with Gasteiger partial charge in [-0.25, -0.2) is 4.79 Å². The Balaban J connectivity index is 1.26. The molecule has 0 unspecified atom stereocenters. The zero-order valence-corrected chi connectivity index (χ0v) is 19.3. The molecule has 0 heterocycles. The standard InChI is InChI=1S/C29H35NO2/c1-2-3-21-4-8-23(9-5-21)24-10-12-25(13-11-24)26-14-16-27(17-15-26)29(31)32-28-18-6-22(20-30)7-19-28/h6-7,14-19,21,23-25H,2-5,8-13H2,1H3/t21-,23-,24-,25-. The minimum absolute atomic E-state index is 0.358. The number of hydrogen-bond donors (Lipinski definition) is 0. The minimum Gasteiger partial charge on any atom is -0.423 e. The maximum atomic E-state index is 12.5. The van der Waals surface area contributed by atoms with Crippen molar-refractivity contribution in [1.29, 1.82) is 5.26 Å². The molecule has 0 N–H and O–H groups in total. The lowest BCUT2D eigenvalue weighted by Gasteiger charge is -2.38. The molecule has 0 radical (unpaired) electrons. The molecule has 3 heteroatoms. The molecule has 2 aromatic carbocycles. The minimum atomic E-state index is -0.358. The van der Waals surface area contributed by atoms with Gasteiger partial charge in [0, 0.05) is 0 Å². The Labute approximate surface area is 192 Å². The lowest BCUT2D eigenvalue weighted by atomic mass is 9.68. The van der Waals surface area contributed by atoms with E-state index in [0.29, 0.717) is 22.8 Å². The van der Waals surface area contributed by atoms with Crippen LogP contribution in [-0.2, 0) is 0 Å². The van der Waals surface area contributed by atoms with Crippen molar-refractivity contribution in [2.75, 3.05) is 0 Å². The van der Waals surface area contributed by atoms with E-state index in [1.807, 2.05) is 12.1 Å². The highest BCUT2D eigenvalue weighted by atomic mass is 16.5. The summed E-state index contributed by atoms with van der Waals surface area (Å²) in [5.74, 6) is 3.60. The summed E-state index contributed by atoms with van der Waals surface area (Å²) in [6.07, 6.45) is 13.8. The van der Waals surface area contributed by atoms with Crippen LogP contribution in [0.2, 0.25) is 0 Å². The average Bonchev–Trinajstić information content (AvgIpc) is 2.85. The van der Waals surface area contributed by atoms with Gasteiger partial charge in [-0.1, -0.05) is 44.7 Å². The monoisotopic (exact) mass is 429 g/mol. The molecule has 0 saturated heterocycles. The molecular weight excluding hydrogens is 394 g/mol. The molecule has 0 aromatic heterocycles. The molecule has 2 aromatic rings. The van der Waals surface area contributed by atoms with Gasteiger partial charge in [0.15, 0.2) is 0 Å². The fourth-order valence-corrected chi connectivity index (χ4v) is 5.94. The van der Waals surface area contributed by atoms with E-state index < -0.39 is 0 Å². The van der Waals surface area contributed by atoms with Crippen LogP contribution < -0.4 is 4.74 Å². The first-order valence-corrected chi connectivity index (χ1v) is 12.5. The predicted octanol–water partition coefficient (Wildman–Crippen LogP) is 7.66. The van der Waals surface area contributed by atoms with Crippen LogP contribution in [0.25, 0.3) is 0 Å². The number of rotatable bonds is 6. The molecule has 2 saturated carbocycles. The topological polar surface area (TPSA) is 50.1 Å². The number of carbonyl (C=O) groups is 1. The van der Waals surface area contributed by atoms with Crippen molar-refractivity contribution in [3.8, 4) is 11.8 Å². The highest BCUT2D eigenvalue weighted by molar-refractivity contribution is 5.91. The number of benzene rings is 2. The Hall–Kier alpha value is -2.60. The van der Waals surface area contributed by atoms with Gasteiger partial charge in [0.1, 0.15) is 5.75 Å². The normalized spacial score (nSPS) is 25.6. The second-order valence-corrected chi connectivity index (χ2v) is 9.83. The molecule has 3 nitrogen and oxygen atoms in total. The third-order valence-electron chi connectivity index (χ3n) is 7.84. The lowest BCUT2D eigenvalue weighted by molar-refractivity contribution is 0.0734. The Kier molecular flexibility index (Phi) is 7.63. The SMILES string of the molecule is CCC[C@H]1CC[C@H]([C@H]2CC[C@H](c3ccc(C(=O)Oc4ccc(C#N)cc4)cc3)CC2)CC1. The Morgan fingerprint density at radius 1 is 0.875 bits per heavy atom. The average molecular weight is 430 g/mol. The van der Waals surface area contributed by atoms with Crippen LogP contribution in [-0.4, -0.2) is 5.97 Å². The van der Waals surface area contributed by atoms with Crippen molar-refractivity contribution in [3.05, 3.63) is 65.2 Å². The molecule has 0 aliphatic heterocycles. The summed E-state index contributed by atoms with van der Waals surface area (Å²) in [6.45, 7) is 2.32. The third-order valence-corrected chi connectivity index (χ3v) is 7.84. The molecule has 2 fully saturated rings. The molecule has 0 amide bonds. The van der Waals surface area contributed by atoms with E-state index in [9.17, 15) is 4.79 Å². The number of esters is 1. The van der Waals surface area contributed by atoms with Crippen LogP contribution in [0.5, 0.6) is 5.75 Å². The number of ether oxygens (including phenoxy) is 1. The number of hydrogen-bond acceptors (Lipinski definition) is 3. The predicted molar refractivity (Wildman–Crippen MR) is 128 cm³/mol. The molecular formula is C29H35NO2. The molecule has 0 spiro atoms. The Morgan fingerprint density at radius 3 is 2.03 bits per heavy atom. The van der Waals surface area contributed by atoms with Crippen molar-refractivity contribution in [2.24, 2.45) is 17.8 Å². The highest BCUT2D eigenvalue weighted by Crippen LogP contribution is 2.44. The van der Waals surface area contributed by atoms with Gasteiger partial charge in [0.2, 0.25) is 0 Å². The largest absolute Gasteiger partial charge is 0.423 e. The van der Waals surface area contributed by atoms with E-state index in [1.54, 1.807) is 24.3 Å². The van der Waals surface area contributed by atoms with E-state index >= 15 is 0 Å². The summed E-state index contributed by atoms with van der Waals surface area (Å²) >= 11 is 0. The smallest absolute Gasteiger partial charge is 0.343 e. The molecule has 2 aliphatic carbocycles. The van der Waals surface area contributed by atoms with E-state index in [1.165, 1.54) is 69.8 Å². The summed E-state index contributed by atoms with van der Waals surface area (Å²) in [5, 5.41) is 8.87. The van der Waals surface area contributed by atoms with Crippen LogP contribution >= 0.6 is 0 Å². The molecule has 0 atom stereocenters. The zero-order chi connectivity index (χ0) is 22.3. The van der Waals surface area contributed by atoms with Crippen LogP contribution in [0.4, 0.5) is 0 Å². The molecule has 32 heavy (non-hydrogen) atoms. The summed E-state index contributed by atoms with van der Waals surface area (Å²) < 4.78 is 5.44. The van der Waals surface area contributed by atoms with Crippen LogP contribution in [0.3, 0.4) is 0 Å². The van der Waals surface area contributed by atoms with E-state index in [2.05, 4.69) is 25.1 Å². The third kappa shape index (κ3) is 5.60. The van der Waals surface area contributed by atoms with Gasteiger partial charge in [-0.3, -0.25) is 0 Å². The number of nitriles is 1. The first-order chi connectivity index (χ1) is 15.7.